The van der Waals surface area contributed by atoms with Crippen LogP contribution in [0, 0.1) is 0 Å². The molecule has 0 amide bonds. The summed E-state index contributed by atoms with van der Waals surface area (Å²) < 4.78 is 2.20. The van der Waals surface area contributed by atoms with Gasteiger partial charge in [0, 0.05) is 15.8 Å². The number of hydrogen-bond donors (Lipinski definition) is 0. The van der Waals surface area contributed by atoms with Gasteiger partial charge in [0.15, 0.2) is 0 Å². The minimum atomic E-state index is 0.915. The molecule has 0 fully saturated rings. The minimum Gasteiger partial charge on any atom is -0.147 e. The van der Waals surface area contributed by atoms with Gasteiger partial charge in [-0.3, -0.25) is 0 Å². The van der Waals surface area contributed by atoms with Gasteiger partial charge in [0.05, 0.1) is 0 Å². The topological polar surface area (TPSA) is 0 Å². The maximum absolute atomic E-state index is 3.77. The number of thiophene rings is 1. The number of hydrogen-bond acceptors (Lipinski definition) is 1. The van der Waals surface area contributed by atoms with Crippen molar-refractivity contribution in [1.82, 2.24) is 0 Å². The van der Waals surface area contributed by atoms with Gasteiger partial charge in [0.2, 0.25) is 0 Å². The fourth-order valence-corrected chi connectivity index (χ4v) is 2.63. The third kappa shape index (κ3) is 2.22. The van der Waals surface area contributed by atoms with Gasteiger partial charge in [-0.1, -0.05) is 22.5 Å². The van der Waals surface area contributed by atoms with Crippen molar-refractivity contribution in [2.75, 3.05) is 0 Å². The molecule has 0 saturated carbocycles. The van der Waals surface area contributed by atoms with Crippen LogP contribution in [0.3, 0.4) is 0 Å². The molecule has 0 aliphatic rings. The summed E-state index contributed by atoms with van der Waals surface area (Å²) >= 11 is 8.50. The van der Waals surface area contributed by atoms with E-state index < -0.39 is 0 Å². The molecule has 1 rings (SSSR count). The smallest absolute Gasteiger partial charge is 0.0317 e. The molecule has 0 radical (unpaired) electrons. The van der Waals surface area contributed by atoms with E-state index >= 15 is 0 Å². The molecule has 0 atom stereocenters. The molecule has 0 aliphatic carbocycles. The van der Waals surface area contributed by atoms with E-state index in [1.165, 1.54) is 9.35 Å². The molecule has 0 unspecified atom stereocenters. The first kappa shape index (κ1) is 8.50. The lowest BCUT2D eigenvalue weighted by Crippen LogP contribution is -1.76. The van der Waals surface area contributed by atoms with Gasteiger partial charge in [-0.2, -0.15) is 0 Å². The Morgan fingerprint density at radius 1 is 1.70 bits per heavy atom. The lowest BCUT2D eigenvalue weighted by Gasteiger charge is -1.93. The Morgan fingerprint density at radius 3 is 2.80 bits per heavy atom. The third-order valence-corrected chi connectivity index (χ3v) is 3.25. The van der Waals surface area contributed by atoms with Crippen LogP contribution in [0.1, 0.15) is 4.88 Å². The Morgan fingerprint density at radius 2 is 2.40 bits per heavy atom. The van der Waals surface area contributed by atoms with Gasteiger partial charge in [0.1, 0.15) is 0 Å². The van der Waals surface area contributed by atoms with Crippen molar-refractivity contribution in [3.8, 4) is 0 Å². The van der Waals surface area contributed by atoms with Crippen LogP contribution in [0.4, 0.5) is 0 Å². The number of rotatable bonds is 2. The summed E-state index contributed by atoms with van der Waals surface area (Å²) in [6, 6.07) is 2.05. The van der Waals surface area contributed by atoms with Gasteiger partial charge in [-0.05, 0) is 31.9 Å². The Hall–Kier alpha value is 0.400. The largest absolute Gasteiger partial charge is 0.147 e. The van der Waals surface area contributed by atoms with Crippen LogP contribution in [0.2, 0.25) is 0 Å². The van der Waals surface area contributed by atoms with Crippen LogP contribution >= 0.6 is 43.2 Å². The van der Waals surface area contributed by atoms with Crippen molar-refractivity contribution in [1.29, 1.82) is 0 Å². The average molecular weight is 282 g/mol. The molecule has 0 saturated heterocycles. The fourth-order valence-electron chi connectivity index (χ4n) is 0.625. The summed E-state index contributed by atoms with van der Waals surface area (Å²) in [5.41, 5.74) is 0. The van der Waals surface area contributed by atoms with Crippen molar-refractivity contribution in [2.24, 2.45) is 0 Å². The molecule has 1 heterocycles. The highest BCUT2D eigenvalue weighted by atomic mass is 79.9. The van der Waals surface area contributed by atoms with Gasteiger partial charge in [-0.15, -0.1) is 11.3 Å². The molecule has 1 aromatic rings. The average Bonchev–Trinajstić information content (AvgIpc) is 2.15. The molecular formula is C7H6Br2S. The quantitative estimate of drug-likeness (QED) is 0.770. The van der Waals surface area contributed by atoms with E-state index in [0.717, 1.165) is 10.9 Å². The molecule has 0 aromatic carbocycles. The van der Waals surface area contributed by atoms with Crippen molar-refractivity contribution in [3.63, 3.8) is 0 Å². The molecule has 0 spiro atoms. The van der Waals surface area contributed by atoms with Crippen molar-refractivity contribution >= 4 is 43.2 Å². The number of halogens is 2. The van der Waals surface area contributed by atoms with E-state index in [4.69, 9.17) is 0 Å². The van der Waals surface area contributed by atoms with Crippen molar-refractivity contribution in [2.45, 2.75) is 6.42 Å². The van der Waals surface area contributed by atoms with Crippen LogP contribution in [0.25, 0.3) is 0 Å². The molecule has 0 N–H and O–H groups in total. The Labute approximate surface area is 81.2 Å². The van der Waals surface area contributed by atoms with E-state index in [0.29, 0.717) is 0 Å². The molecule has 0 nitrogen and oxygen atoms in total. The Kier molecular flexibility index (Phi) is 3.14. The maximum Gasteiger partial charge on any atom is 0.0317 e. The first-order valence-electron chi connectivity index (χ1n) is 2.75. The molecule has 54 valence electrons. The van der Waals surface area contributed by atoms with Crippen molar-refractivity contribution in [3.05, 3.63) is 31.9 Å². The van der Waals surface area contributed by atoms with Crippen LogP contribution in [0.5, 0.6) is 0 Å². The van der Waals surface area contributed by atoms with Crippen LogP contribution in [-0.4, -0.2) is 0 Å². The minimum absolute atomic E-state index is 0.915. The lowest BCUT2D eigenvalue weighted by atomic mass is 10.3. The van der Waals surface area contributed by atoms with Gasteiger partial charge in [-0.25, -0.2) is 0 Å². The van der Waals surface area contributed by atoms with E-state index in [2.05, 4.69) is 49.9 Å². The molecule has 10 heavy (non-hydrogen) atoms. The van der Waals surface area contributed by atoms with Crippen LogP contribution in [0.15, 0.2) is 27.0 Å². The fraction of sp³-hybridized carbons (Fsp3) is 0.143. The predicted molar refractivity (Wildman–Crippen MR) is 53.8 cm³/mol. The highest BCUT2D eigenvalue weighted by molar-refractivity contribution is 9.11. The summed E-state index contributed by atoms with van der Waals surface area (Å²) in [7, 11) is 0. The molecule has 0 aliphatic heterocycles. The zero-order valence-corrected chi connectivity index (χ0v) is 9.22. The molecule has 1 aromatic heterocycles. The zero-order valence-electron chi connectivity index (χ0n) is 5.23. The SMILES string of the molecule is C=C(Br)Cc1sccc1Br. The van der Waals surface area contributed by atoms with Crippen molar-refractivity contribution < 1.29 is 0 Å². The Balaban J connectivity index is 2.74. The zero-order chi connectivity index (χ0) is 7.56. The normalized spacial score (nSPS) is 9.80. The van der Waals surface area contributed by atoms with E-state index in [9.17, 15) is 0 Å². The second-order valence-electron chi connectivity index (χ2n) is 1.89. The summed E-state index contributed by atoms with van der Waals surface area (Å²) in [5, 5.41) is 2.06. The van der Waals surface area contributed by atoms with Gasteiger partial charge in [0.25, 0.3) is 0 Å². The third-order valence-electron chi connectivity index (χ3n) is 1.04. The number of allylic oxidation sites excluding steroid dienone is 1. The molecule has 3 heteroatoms. The molecule has 0 bridgehead atoms. The lowest BCUT2D eigenvalue weighted by molar-refractivity contribution is 1.32. The highest BCUT2D eigenvalue weighted by Crippen LogP contribution is 2.26. The Bertz CT molecular complexity index is 240. The van der Waals surface area contributed by atoms with Crippen LogP contribution in [-0.2, 0) is 6.42 Å². The van der Waals surface area contributed by atoms with Gasteiger partial charge >= 0.3 is 0 Å². The first-order valence-corrected chi connectivity index (χ1v) is 5.22. The summed E-state index contributed by atoms with van der Waals surface area (Å²) in [6.45, 7) is 3.77. The first-order chi connectivity index (χ1) is 4.70. The molecular weight excluding hydrogens is 276 g/mol. The monoisotopic (exact) mass is 280 g/mol. The van der Waals surface area contributed by atoms with E-state index in [1.807, 2.05) is 0 Å². The van der Waals surface area contributed by atoms with E-state index in [-0.39, 0.29) is 0 Å². The highest BCUT2D eigenvalue weighted by Gasteiger charge is 2.00. The second-order valence-corrected chi connectivity index (χ2v) is 4.86. The predicted octanol–water partition coefficient (Wildman–Crippen LogP) is 3.96. The van der Waals surface area contributed by atoms with Crippen LogP contribution < -0.4 is 0 Å². The van der Waals surface area contributed by atoms with Gasteiger partial charge < -0.3 is 0 Å². The maximum atomic E-state index is 3.77. The summed E-state index contributed by atoms with van der Waals surface area (Å²) in [5.74, 6) is 0. The summed E-state index contributed by atoms with van der Waals surface area (Å²) in [6.07, 6.45) is 0.915. The second kappa shape index (κ2) is 3.69. The standard InChI is InChI=1S/C7H6Br2S/c1-5(8)4-7-6(9)2-3-10-7/h2-3H,1,4H2. The summed E-state index contributed by atoms with van der Waals surface area (Å²) in [4.78, 5) is 1.32. The van der Waals surface area contributed by atoms with E-state index in [1.54, 1.807) is 11.3 Å².